The second kappa shape index (κ2) is 67.6. The Morgan fingerprint density at radius 1 is 0.261 bits per heavy atom. The first-order valence-corrected chi connectivity index (χ1v) is 41.3. The van der Waals surface area contributed by atoms with Crippen LogP contribution in [0.3, 0.4) is 0 Å². The lowest BCUT2D eigenvalue weighted by Gasteiger charge is -2.21. The molecule has 0 aromatic carbocycles. The number of aliphatic hydroxyl groups excluding tert-OH is 1. The molecule has 92 heavy (non-hydrogen) atoms. The first-order valence-electron chi connectivity index (χ1n) is 38.3. The van der Waals surface area contributed by atoms with Crippen LogP contribution in [0.15, 0.2) is 0 Å². The van der Waals surface area contributed by atoms with Gasteiger partial charge in [0.2, 0.25) is 0 Å². The maximum atomic E-state index is 13.1. The molecule has 0 aliphatic carbocycles. The molecule has 0 rings (SSSR count). The van der Waals surface area contributed by atoms with Gasteiger partial charge in [-0.15, -0.1) is 0 Å². The van der Waals surface area contributed by atoms with Crippen molar-refractivity contribution in [1.82, 2.24) is 0 Å². The van der Waals surface area contributed by atoms with Gasteiger partial charge in [0.15, 0.2) is 12.2 Å². The fourth-order valence-corrected chi connectivity index (χ4v) is 12.8. The average Bonchev–Trinajstić information content (AvgIpc) is 1.63. The van der Waals surface area contributed by atoms with Gasteiger partial charge in [-0.2, -0.15) is 0 Å². The summed E-state index contributed by atoms with van der Waals surface area (Å²) < 4.78 is 68.4. The zero-order valence-electron chi connectivity index (χ0n) is 59.5. The SMILES string of the molecule is CCCCCCCCCCCCCCCCCCCC(=O)O[C@H](COC(=O)CCCCCCCCCCCCCCC)COP(=O)(O)OC[C@@H](O)COP(=O)(O)OC[C@@H](COC(=O)CCCCCCCCCCC)OC(=O)CCCCCCCCCCCCCCC. The Morgan fingerprint density at radius 2 is 0.435 bits per heavy atom. The Labute approximate surface area is 562 Å². The maximum absolute atomic E-state index is 13.1. The normalized spacial score (nSPS) is 13.9. The molecule has 0 aliphatic rings. The molecule has 0 aliphatic heterocycles. The van der Waals surface area contributed by atoms with Crippen molar-refractivity contribution in [3.63, 3.8) is 0 Å². The summed E-state index contributed by atoms with van der Waals surface area (Å²) in [5, 5.41) is 10.6. The number of hydrogen-bond donors (Lipinski definition) is 3. The van der Waals surface area contributed by atoms with Gasteiger partial charge in [-0.25, -0.2) is 9.13 Å². The van der Waals surface area contributed by atoms with E-state index in [1.54, 1.807) is 0 Å². The van der Waals surface area contributed by atoms with Crippen LogP contribution in [-0.4, -0.2) is 96.7 Å². The van der Waals surface area contributed by atoms with Crippen LogP contribution in [0.25, 0.3) is 0 Å². The monoisotopic (exact) mass is 1350 g/mol. The Balaban J connectivity index is 5.22. The van der Waals surface area contributed by atoms with Crippen molar-refractivity contribution in [1.29, 1.82) is 0 Å². The summed E-state index contributed by atoms with van der Waals surface area (Å²) in [4.78, 5) is 72.6. The van der Waals surface area contributed by atoms with Gasteiger partial charge >= 0.3 is 39.5 Å². The molecule has 5 atom stereocenters. The highest BCUT2D eigenvalue weighted by molar-refractivity contribution is 7.47. The molecule has 546 valence electrons. The average molecular weight is 1350 g/mol. The van der Waals surface area contributed by atoms with E-state index in [0.29, 0.717) is 25.7 Å². The number of phosphoric ester groups is 2. The number of hydrogen-bond acceptors (Lipinski definition) is 15. The van der Waals surface area contributed by atoms with Crippen LogP contribution in [0.1, 0.15) is 387 Å². The van der Waals surface area contributed by atoms with Crippen LogP contribution in [0.4, 0.5) is 0 Å². The molecule has 0 amide bonds. The fourth-order valence-electron chi connectivity index (χ4n) is 11.2. The number of carbonyl (C=O) groups is 4. The zero-order valence-corrected chi connectivity index (χ0v) is 61.3. The minimum atomic E-state index is -4.95. The van der Waals surface area contributed by atoms with E-state index in [2.05, 4.69) is 27.7 Å². The number of phosphoric acid groups is 2. The second-order valence-corrected chi connectivity index (χ2v) is 29.2. The first kappa shape index (κ1) is 90.1. The molecule has 3 N–H and O–H groups in total. The molecular weight excluding hydrogens is 1210 g/mol. The van der Waals surface area contributed by atoms with E-state index < -0.39 is 97.5 Å². The number of ether oxygens (including phenoxy) is 4. The van der Waals surface area contributed by atoms with Crippen molar-refractivity contribution < 1.29 is 80.2 Å². The third-order valence-electron chi connectivity index (χ3n) is 17.1. The zero-order chi connectivity index (χ0) is 67.5. The Bertz CT molecular complexity index is 1760. The lowest BCUT2D eigenvalue weighted by atomic mass is 10.0. The molecule has 0 bridgehead atoms. The molecule has 0 saturated heterocycles. The van der Waals surface area contributed by atoms with Crippen LogP contribution in [0, 0.1) is 0 Å². The minimum absolute atomic E-state index is 0.108. The summed E-state index contributed by atoms with van der Waals surface area (Å²) in [7, 11) is -9.90. The highest BCUT2D eigenvalue weighted by Crippen LogP contribution is 2.45. The van der Waals surface area contributed by atoms with Gasteiger partial charge in [0.1, 0.15) is 19.3 Å². The second-order valence-electron chi connectivity index (χ2n) is 26.3. The molecule has 0 aromatic heterocycles. The predicted octanol–water partition coefficient (Wildman–Crippen LogP) is 21.4. The van der Waals surface area contributed by atoms with E-state index in [4.69, 9.17) is 37.0 Å². The van der Waals surface area contributed by atoms with Crippen molar-refractivity contribution in [3.05, 3.63) is 0 Å². The Hall–Kier alpha value is -1.94. The van der Waals surface area contributed by atoms with E-state index >= 15 is 0 Å². The van der Waals surface area contributed by atoms with Gasteiger partial charge in [0, 0.05) is 25.7 Å². The molecule has 0 saturated carbocycles. The van der Waals surface area contributed by atoms with Crippen LogP contribution < -0.4 is 0 Å². The van der Waals surface area contributed by atoms with Crippen molar-refractivity contribution in [2.45, 2.75) is 406 Å². The molecule has 2 unspecified atom stereocenters. The molecule has 0 aromatic rings. The molecular formula is C73H142O17P2. The first-order chi connectivity index (χ1) is 44.7. The molecule has 17 nitrogen and oxygen atoms in total. The van der Waals surface area contributed by atoms with Crippen molar-refractivity contribution >= 4 is 39.5 Å². The van der Waals surface area contributed by atoms with E-state index in [1.807, 2.05) is 0 Å². The van der Waals surface area contributed by atoms with Gasteiger partial charge in [0.25, 0.3) is 0 Å². The van der Waals surface area contributed by atoms with Gasteiger partial charge in [-0.3, -0.25) is 37.3 Å². The van der Waals surface area contributed by atoms with Crippen LogP contribution in [-0.2, 0) is 65.4 Å². The number of esters is 4. The number of unbranched alkanes of at least 4 members (excludes halogenated alkanes) is 48. The minimum Gasteiger partial charge on any atom is -0.462 e. The molecule has 0 spiro atoms. The van der Waals surface area contributed by atoms with Gasteiger partial charge < -0.3 is 33.8 Å². The van der Waals surface area contributed by atoms with Gasteiger partial charge in [-0.05, 0) is 25.7 Å². The summed E-state index contributed by atoms with van der Waals surface area (Å²) in [6.07, 6.45) is 56.7. The highest BCUT2D eigenvalue weighted by atomic mass is 31.2. The lowest BCUT2D eigenvalue weighted by Crippen LogP contribution is -2.30. The molecule has 0 radical (unpaired) electrons. The molecule has 19 heteroatoms. The van der Waals surface area contributed by atoms with Crippen molar-refractivity contribution in [2.75, 3.05) is 39.6 Å². The Morgan fingerprint density at radius 3 is 0.641 bits per heavy atom. The van der Waals surface area contributed by atoms with Crippen molar-refractivity contribution in [2.24, 2.45) is 0 Å². The number of aliphatic hydroxyl groups is 1. The van der Waals surface area contributed by atoms with E-state index in [1.165, 1.54) is 218 Å². The summed E-state index contributed by atoms with van der Waals surface area (Å²) in [6.45, 7) is 4.96. The third-order valence-corrected chi connectivity index (χ3v) is 19.0. The predicted molar refractivity (Wildman–Crippen MR) is 372 cm³/mol. The van der Waals surface area contributed by atoms with Crippen LogP contribution in [0.2, 0.25) is 0 Å². The summed E-state index contributed by atoms with van der Waals surface area (Å²) in [5.41, 5.74) is 0. The largest absolute Gasteiger partial charge is 0.472 e. The quantitative estimate of drug-likeness (QED) is 0.0222. The lowest BCUT2D eigenvalue weighted by molar-refractivity contribution is -0.161. The molecule has 0 heterocycles. The summed E-state index contributed by atoms with van der Waals surface area (Å²) in [6, 6.07) is 0. The summed E-state index contributed by atoms with van der Waals surface area (Å²) in [5.74, 6) is -2.11. The van der Waals surface area contributed by atoms with Gasteiger partial charge in [0.05, 0.1) is 26.4 Å². The third kappa shape index (κ3) is 66.7. The molecule has 0 fully saturated rings. The number of carbonyl (C=O) groups excluding carboxylic acids is 4. The highest BCUT2D eigenvalue weighted by Gasteiger charge is 2.30. The smallest absolute Gasteiger partial charge is 0.462 e. The van der Waals surface area contributed by atoms with Gasteiger partial charge in [-0.1, -0.05) is 336 Å². The van der Waals surface area contributed by atoms with Crippen LogP contribution in [0.5, 0.6) is 0 Å². The van der Waals surface area contributed by atoms with E-state index in [9.17, 15) is 43.2 Å². The van der Waals surface area contributed by atoms with E-state index in [0.717, 1.165) is 89.9 Å². The number of rotatable bonds is 74. The topological polar surface area (TPSA) is 237 Å². The van der Waals surface area contributed by atoms with Crippen LogP contribution >= 0.6 is 15.6 Å². The fraction of sp³-hybridized carbons (Fsp3) is 0.945. The van der Waals surface area contributed by atoms with E-state index in [-0.39, 0.29) is 25.7 Å². The maximum Gasteiger partial charge on any atom is 0.472 e. The summed E-state index contributed by atoms with van der Waals surface area (Å²) >= 11 is 0. The Kier molecular flexibility index (Phi) is 66.2. The van der Waals surface area contributed by atoms with Crippen molar-refractivity contribution in [3.8, 4) is 0 Å². The standard InChI is InChI=1S/C73H142O17P2/c1-5-9-13-17-21-25-28-31-32-33-34-37-40-44-48-52-56-60-73(78)90-69(64-84-71(76)58-54-50-46-42-38-35-29-26-22-18-14-10-6-2)66-88-92(81,82)86-62-67(74)61-85-91(79,80)87-65-68(63-83-70(75)57-53-49-45-41-24-20-16-12-8-4)89-72(77)59-55-51-47-43-39-36-30-27-23-19-15-11-7-3/h67-69,74H,5-66H2,1-4H3,(H,79,80)(H,81,82)/t67-,68+,69+/m0/s1.